The van der Waals surface area contributed by atoms with E-state index in [0.29, 0.717) is 63.4 Å². The Bertz CT molecular complexity index is 2620. The molecule has 4 heterocycles. The van der Waals surface area contributed by atoms with Crippen LogP contribution in [0.15, 0.2) is 41.0 Å². The first kappa shape index (κ1) is 58.4. The Morgan fingerprint density at radius 2 is 1.49 bits per heavy atom. The minimum absolute atomic E-state index is 0.0243. The van der Waals surface area contributed by atoms with Crippen molar-refractivity contribution in [3.05, 3.63) is 57.7 Å². The molecule has 4 bridgehead atoms. The van der Waals surface area contributed by atoms with Crippen molar-refractivity contribution >= 4 is 47.0 Å². The maximum atomic E-state index is 16.5. The molecule has 4 N–H and O–H groups in total. The third-order valence-electron chi connectivity index (χ3n) is 15.5. The van der Waals surface area contributed by atoms with Crippen LogP contribution in [0, 0.1) is 17.8 Å². The van der Waals surface area contributed by atoms with Crippen molar-refractivity contribution in [3.8, 4) is 17.2 Å². The Morgan fingerprint density at radius 3 is 2.08 bits per heavy atom. The number of phosphoric ester groups is 1. The minimum Gasteiger partial charge on any atom is -0.482 e. The third-order valence-corrected chi connectivity index (χ3v) is 19.2. The van der Waals surface area contributed by atoms with E-state index >= 15 is 9.59 Å². The summed E-state index contributed by atoms with van der Waals surface area (Å²) >= 11 is 0. The summed E-state index contributed by atoms with van der Waals surface area (Å²) in [7, 11) is -17.8. The molecule has 0 radical (unpaired) electrons. The second-order valence-electron chi connectivity index (χ2n) is 22.0. The molecule has 5 fully saturated rings. The Labute approximate surface area is 435 Å². The summed E-state index contributed by atoms with van der Waals surface area (Å²) in [6.45, 7) is 21.8. The molecule has 8 rings (SSSR count). The van der Waals surface area contributed by atoms with Gasteiger partial charge in [0, 0.05) is 61.6 Å². The van der Waals surface area contributed by atoms with E-state index in [4.69, 9.17) is 23.5 Å². The lowest BCUT2D eigenvalue weighted by Crippen LogP contribution is -2.82. The lowest BCUT2D eigenvalue weighted by Gasteiger charge is -2.64. The van der Waals surface area contributed by atoms with Crippen LogP contribution in [0.3, 0.4) is 0 Å². The molecule has 4 aliphatic heterocycles. The standard InChI is InChI=1S/C52H77N2O17P3/c1-11-13-15-26-54(27-16-14-12-2)48(57)35(7)21-25-51-47(56)38-32-39(49(8,9)69-51)52(51)41(42(38)53-28-30-65-31-29-53)43(55)40-45(67-52)36(20-19-34(5)6)44-37(22-24-50(10,66-44)23-17-18-33(3)4)46(40)68-73(61,62)71-74(63,64)70-72(58,59)60/h18-19,21-22,24,38-39,41-42H,11-17,20,23,25-32H2,1-10H3,(H,61,62)(H,63,64)(H2,58,59,60). The molecule has 9 unspecified atom stereocenters. The fourth-order valence-corrected chi connectivity index (χ4v) is 15.3. The number of fused-ring (bicyclic) bond motifs is 2. The van der Waals surface area contributed by atoms with Gasteiger partial charge in [0.1, 0.15) is 22.7 Å². The average molecular weight is 1100 g/mol. The van der Waals surface area contributed by atoms with Gasteiger partial charge in [-0.05, 0) is 106 Å². The number of benzene rings is 1. The maximum Gasteiger partial charge on any atom is 0.536 e. The number of phosphoric acid groups is 3. The lowest BCUT2D eigenvalue weighted by molar-refractivity contribution is -0.215. The summed E-state index contributed by atoms with van der Waals surface area (Å²) in [5, 5.41) is 0. The van der Waals surface area contributed by atoms with Crippen LogP contribution in [0.2, 0.25) is 0 Å². The fraction of sp³-hybridized carbons (Fsp3) is 0.673. The molecule has 1 aromatic rings. The highest BCUT2D eigenvalue weighted by Gasteiger charge is 2.86. The number of rotatable bonds is 23. The van der Waals surface area contributed by atoms with Crippen LogP contribution in [0.25, 0.3) is 6.08 Å². The number of allylic oxidation sites excluding steroid dienone is 4. The van der Waals surface area contributed by atoms with E-state index < -0.39 is 81.2 Å². The van der Waals surface area contributed by atoms with Gasteiger partial charge in [0.15, 0.2) is 28.5 Å². The number of hydrogen-bond acceptors (Lipinski definition) is 14. The van der Waals surface area contributed by atoms with Crippen molar-refractivity contribution in [3.63, 3.8) is 0 Å². The highest BCUT2D eigenvalue weighted by Crippen LogP contribution is 2.72. The first-order valence-electron chi connectivity index (χ1n) is 26.0. The molecular formula is C52H77N2O17P3. The van der Waals surface area contributed by atoms with Gasteiger partial charge < -0.3 is 43.1 Å². The summed E-state index contributed by atoms with van der Waals surface area (Å²) in [5.41, 5.74) is -3.42. The third kappa shape index (κ3) is 11.6. The van der Waals surface area contributed by atoms with Gasteiger partial charge in [-0.15, -0.1) is 0 Å². The van der Waals surface area contributed by atoms with Crippen molar-refractivity contribution < 1.29 is 79.7 Å². The summed E-state index contributed by atoms with van der Waals surface area (Å²) in [5.74, 6) is -4.43. The van der Waals surface area contributed by atoms with Crippen LogP contribution in [-0.4, -0.2) is 115 Å². The highest BCUT2D eigenvalue weighted by atomic mass is 31.3. The van der Waals surface area contributed by atoms with Crippen molar-refractivity contribution in [2.75, 3.05) is 39.4 Å². The molecule has 22 heteroatoms. The molecule has 1 aromatic carbocycles. The summed E-state index contributed by atoms with van der Waals surface area (Å²) in [6, 6.07) is -0.810. The Morgan fingerprint density at radius 1 is 0.851 bits per heavy atom. The van der Waals surface area contributed by atoms with Gasteiger partial charge in [0.05, 0.1) is 30.3 Å². The smallest absolute Gasteiger partial charge is 0.482 e. The number of Topliss-reactive ketones (excluding diaryl/α,β-unsaturated/α-hetero) is 2. The van der Waals surface area contributed by atoms with Crippen LogP contribution < -0.4 is 14.0 Å². The monoisotopic (exact) mass is 1090 g/mol. The van der Waals surface area contributed by atoms with Gasteiger partial charge in [-0.3, -0.25) is 24.2 Å². The quantitative estimate of drug-likeness (QED) is 0.0344. The highest BCUT2D eigenvalue weighted by molar-refractivity contribution is 7.66. The Hall–Kier alpha value is -3.28. The normalized spacial score (nSPS) is 29.5. The van der Waals surface area contributed by atoms with Gasteiger partial charge in [-0.1, -0.05) is 68.9 Å². The molecule has 19 nitrogen and oxygen atoms in total. The van der Waals surface area contributed by atoms with E-state index in [9.17, 15) is 38.1 Å². The predicted molar refractivity (Wildman–Crippen MR) is 277 cm³/mol. The lowest BCUT2D eigenvalue weighted by atomic mass is 9.44. The summed E-state index contributed by atoms with van der Waals surface area (Å²) in [6.07, 6.45) is 15.8. The second kappa shape index (κ2) is 22.2. The topological polar surface area (TPSA) is 254 Å². The number of ketones is 2. The van der Waals surface area contributed by atoms with Crippen LogP contribution >= 0.6 is 23.5 Å². The van der Waals surface area contributed by atoms with Crippen LogP contribution in [0.5, 0.6) is 17.2 Å². The number of hydrogen-bond donors (Lipinski definition) is 4. The maximum absolute atomic E-state index is 16.5. The first-order valence-corrected chi connectivity index (χ1v) is 30.5. The molecule has 1 spiro atoms. The summed E-state index contributed by atoms with van der Waals surface area (Å²) < 4.78 is 80.4. The van der Waals surface area contributed by atoms with Crippen LogP contribution in [0.1, 0.15) is 155 Å². The van der Waals surface area contributed by atoms with E-state index in [0.717, 1.165) is 49.7 Å². The predicted octanol–water partition coefficient (Wildman–Crippen LogP) is 9.75. The molecule has 7 aliphatic rings. The van der Waals surface area contributed by atoms with Crippen molar-refractivity contribution in [2.24, 2.45) is 17.8 Å². The van der Waals surface area contributed by atoms with Crippen LogP contribution in [-0.2, 0) is 47.8 Å². The van der Waals surface area contributed by atoms with E-state index in [1.807, 2.05) is 59.4 Å². The van der Waals surface area contributed by atoms with Gasteiger partial charge >= 0.3 is 23.5 Å². The molecular weight excluding hydrogens is 1020 g/mol. The molecule has 74 heavy (non-hydrogen) atoms. The van der Waals surface area contributed by atoms with Gasteiger partial charge in [0.25, 0.3) is 0 Å². The molecule has 3 saturated carbocycles. The van der Waals surface area contributed by atoms with Crippen molar-refractivity contribution in [1.29, 1.82) is 0 Å². The largest absolute Gasteiger partial charge is 0.536 e. The van der Waals surface area contributed by atoms with Crippen LogP contribution in [0.4, 0.5) is 0 Å². The first-order chi connectivity index (χ1) is 34.6. The van der Waals surface area contributed by atoms with Gasteiger partial charge in [0.2, 0.25) is 5.91 Å². The number of amides is 1. The van der Waals surface area contributed by atoms with E-state index in [-0.39, 0.29) is 53.6 Å². The number of carbonyl (C=O) groups excluding carboxylic acids is 3. The van der Waals surface area contributed by atoms with Crippen molar-refractivity contribution in [1.82, 2.24) is 9.80 Å². The minimum atomic E-state index is -6.05. The molecule has 412 valence electrons. The number of carbonyl (C=O) groups is 3. The number of nitrogens with zero attached hydrogens (tertiary/aromatic N) is 2. The number of ether oxygens (including phenoxy) is 4. The molecule has 1 amide bonds. The van der Waals surface area contributed by atoms with Gasteiger partial charge in [-0.25, -0.2) is 13.7 Å². The zero-order chi connectivity index (χ0) is 54.4. The van der Waals surface area contributed by atoms with E-state index in [2.05, 4.69) is 33.4 Å². The average Bonchev–Trinajstić information content (AvgIpc) is 3.44. The molecule has 0 aromatic heterocycles. The fourth-order valence-electron chi connectivity index (χ4n) is 12.3. The number of unbranched alkanes of at least 4 members (excludes halogenated alkanes) is 4. The zero-order valence-corrected chi connectivity index (χ0v) is 47.2. The molecule has 9 atom stereocenters. The Kier molecular flexibility index (Phi) is 17.5. The SMILES string of the molecule is CCCCCN(CCCCC)C(=O)C(C)=CCC12OC(C)(C)C3CC(C1=O)C(N1CCOCC1)C1C(=O)c4c(OP(=O)(O)OP(=O)(O)OP(=O)(O)O)c5c(c(CC=C(C)C)c4OC132)OC(C)(CCC=C(C)C)C=C5. The second-order valence-corrected chi connectivity index (χ2v) is 26.3. The summed E-state index contributed by atoms with van der Waals surface area (Å²) in [4.78, 5) is 91.3. The van der Waals surface area contributed by atoms with Gasteiger partial charge in [-0.2, -0.15) is 8.62 Å². The zero-order valence-electron chi connectivity index (χ0n) is 44.5. The number of morpholine rings is 1. The van der Waals surface area contributed by atoms with Crippen molar-refractivity contribution in [2.45, 2.75) is 168 Å². The Balaban J connectivity index is 1.49. The van der Waals surface area contributed by atoms with E-state index in [1.54, 1.807) is 25.2 Å². The van der Waals surface area contributed by atoms with E-state index in [1.165, 1.54) is 0 Å². The molecule has 2 saturated heterocycles. The molecule has 3 aliphatic carbocycles.